The summed E-state index contributed by atoms with van der Waals surface area (Å²) < 4.78 is 41.6. The average molecular weight is 486 g/mol. The highest BCUT2D eigenvalue weighted by Crippen LogP contribution is 2.39. The number of aryl methyl sites for hydroxylation is 1. The number of alkyl halides is 3. The first kappa shape index (κ1) is 23.3. The second-order valence-corrected chi connectivity index (χ2v) is 8.95. The summed E-state index contributed by atoms with van der Waals surface area (Å²) in [7, 11) is 1.65. The van der Waals surface area contributed by atoms with Crippen LogP contribution in [0.3, 0.4) is 0 Å². The Labute approximate surface area is 200 Å². The van der Waals surface area contributed by atoms with Crippen LogP contribution in [0.5, 0.6) is 0 Å². The number of anilines is 2. The molecule has 4 heterocycles. The zero-order valence-corrected chi connectivity index (χ0v) is 19.4. The van der Waals surface area contributed by atoms with E-state index in [-0.39, 0.29) is 19.4 Å². The number of nitrogens with zero attached hydrogens (tertiary/aromatic N) is 4. The summed E-state index contributed by atoms with van der Waals surface area (Å²) in [6.45, 7) is 3.62. The molecule has 0 saturated carbocycles. The van der Waals surface area contributed by atoms with Gasteiger partial charge in [0.15, 0.2) is 0 Å². The highest BCUT2D eigenvalue weighted by molar-refractivity contribution is 5.96. The smallest absolute Gasteiger partial charge is 0.369 e. The van der Waals surface area contributed by atoms with Gasteiger partial charge in [0, 0.05) is 43.1 Å². The molecule has 0 spiro atoms. The molecular formula is C24H26F3N7O. The van der Waals surface area contributed by atoms with Gasteiger partial charge in [0.2, 0.25) is 11.5 Å². The number of halogens is 3. The lowest BCUT2D eigenvalue weighted by Gasteiger charge is -2.30. The minimum absolute atomic E-state index is 0.0166. The number of carbonyl (C=O) groups excluding carboxylic acids is 1. The van der Waals surface area contributed by atoms with Crippen LogP contribution in [-0.4, -0.2) is 52.8 Å². The van der Waals surface area contributed by atoms with Crippen LogP contribution in [0.15, 0.2) is 35.5 Å². The van der Waals surface area contributed by atoms with Crippen molar-refractivity contribution < 1.29 is 18.0 Å². The minimum Gasteiger partial charge on any atom is -0.369 e. The monoisotopic (exact) mass is 485 g/mol. The Hall–Kier alpha value is -3.47. The molecule has 2 unspecified atom stereocenters. The Kier molecular flexibility index (Phi) is 5.96. The highest BCUT2D eigenvalue weighted by Gasteiger charge is 2.43. The summed E-state index contributed by atoms with van der Waals surface area (Å²) >= 11 is 0. The fourth-order valence-electron chi connectivity index (χ4n) is 4.81. The average Bonchev–Trinajstić information content (AvgIpc) is 3.34. The molecule has 1 amide bonds. The Morgan fingerprint density at radius 2 is 2.06 bits per heavy atom. The second-order valence-electron chi connectivity index (χ2n) is 8.95. The molecule has 184 valence electrons. The predicted octanol–water partition coefficient (Wildman–Crippen LogP) is 3.18. The lowest BCUT2D eigenvalue weighted by molar-refractivity contribution is -0.183. The van der Waals surface area contributed by atoms with E-state index in [0.29, 0.717) is 11.3 Å². The van der Waals surface area contributed by atoms with Gasteiger partial charge in [-0.1, -0.05) is 6.07 Å². The molecule has 11 heteroatoms. The summed E-state index contributed by atoms with van der Waals surface area (Å²) in [4.78, 5) is 25.7. The molecule has 1 aromatic rings. The van der Waals surface area contributed by atoms with Gasteiger partial charge in [-0.2, -0.15) is 18.2 Å². The molecule has 35 heavy (non-hydrogen) atoms. The fourth-order valence-corrected chi connectivity index (χ4v) is 4.81. The van der Waals surface area contributed by atoms with Crippen molar-refractivity contribution in [1.82, 2.24) is 19.9 Å². The molecule has 1 aromatic carbocycles. The molecule has 4 aliphatic heterocycles. The van der Waals surface area contributed by atoms with Crippen molar-refractivity contribution in [3.63, 3.8) is 0 Å². The quantitative estimate of drug-likeness (QED) is 0.530. The van der Waals surface area contributed by atoms with E-state index in [1.807, 2.05) is 25.1 Å². The lowest BCUT2D eigenvalue weighted by atomic mass is 9.91. The third-order valence-corrected chi connectivity index (χ3v) is 6.67. The van der Waals surface area contributed by atoms with Crippen LogP contribution in [0.2, 0.25) is 0 Å². The van der Waals surface area contributed by atoms with Crippen molar-refractivity contribution in [3.8, 4) is 22.5 Å². The summed E-state index contributed by atoms with van der Waals surface area (Å²) in [6, 6.07) is 6.63. The van der Waals surface area contributed by atoms with Gasteiger partial charge in [-0.15, -0.1) is 0 Å². The number of piperidine rings is 1. The van der Waals surface area contributed by atoms with E-state index in [4.69, 9.17) is 0 Å². The minimum atomic E-state index is -4.30. The topological polar surface area (TPSA) is 96.2 Å². The summed E-state index contributed by atoms with van der Waals surface area (Å²) in [5.74, 6) is -0.241. The number of amides is 1. The largest absolute Gasteiger partial charge is 0.391 e. The van der Waals surface area contributed by atoms with Gasteiger partial charge in [-0.25, -0.2) is 4.98 Å². The van der Waals surface area contributed by atoms with Crippen LogP contribution >= 0.6 is 0 Å². The standard InChI is InChI=1S/C24H26F3N7O/c1-13-3-4-16(32-22(35)19-10-15(5-6-29-19)24(25,26)27)11-17(13)18-9-14-12-31-23(28-2)33-20(14)34-8-7-30-21(18)34/h3-4,9,11-12,15,19,29-30H,5-8,10H2,1-2H3,(H,32,35). The van der Waals surface area contributed by atoms with Crippen LogP contribution in [0.4, 0.5) is 24.7 Å². The van der Waals surface area contributed by atoms with Gasteiger partial charge >= 0.3 is 6.18 Å². The van der Waals surface area contributed by atoms with Gasteiger partial charge in [0.25, 0.3) is 0 Å². The Bertz CT molecular complexity index is 1320. The number of hydrogen-bond acceptors (Lipinski definition) is 6. The van der Waals surface area contributed by atoms with Crippen molar-refractivity contribution in [2.75, 3.05) is 30.8 Å². The van der Waals surface area contributed by atoms with Crippen LogP contribution in [0.1, 0.15) is 18.4 Å². The summed E-state index contributed by atoms with van der Waals surface area (Å²) in [5, 5.41) is 9.15. The van der Waals surface area contributed by atoms with Crippen molar-refractivity contribution in [1.29, 1.82) is 0 Å². The third kappa shape index (κ3) is 4.47. The van der Waals surface area contributed by atoms with Crippen molar-refractivity contribution >= 4 is 17.4 Å². The number of fused-ring (bicyclic) bond motifs is 3. The van der Waals surface area contributed by atoms with Crippen molar-refractivity contribution in [2.24, 2.45) is 10.9 Å². The van der Waals surface area contributed by atoms with Gasteiger partial charge in [0.1, 0.15) is 11.6 Å². The van der Waals surface area contributed by atoms with Crippen LogP contribution in [0.25, 0.3) is 22.5 Å². The number of hydrogen-bond donors (Lipinski definition) is 3. The Morgan fingerprint density at radius 3 is 2.83 bits per heavy atom. The van der Waals surface area contributed by atoms with E-state index >= 15 is 0 Å². The second kappa shape index (κ2) is 8.95. The van der Waals surface area contributed by atoms with E-state index in [9.17, 15) is 18.0 Å². The van der Waals surface area contributed by atoms with Crippen LogP contribution in [0, 0.1) is 12.8 Å². The number of nitrogens with one attached hydrogen (secondary N) is 3. The maximum Gasteiger partial charge on any atom is 0.391 e. The van der Waals surface area contributed by atoms with Gasteiger partial charge < -0.3 is 20.5 Å². The number of aromatic nitrogens is 3. The fraction of sp³-hybridized carbons (Fsp3) is 0.417. The zero-order chi connectivity index (χ0) is 24.7. The molecule has 2 atom stereocenters. The summed E-state index contributed by atoms with van der Waals surface area (Å²) in [5.41, 5.74) is 4.63. The van der Waals surface area contributed by atoms with E-state index in [0.717, 1.165) is 47.0 Å². The molecular weight excluding hydrogens is 459 g/mol. The molecule has 0 bridgehead atoms. The van der Waals surface area contributed by atoms with Crippen molar-refractivity contribution in [2.45, 2.75) is 38.5 Å². The normalized spacial score (nSPS) is 20.5. The molecule has 1 saturated heterocycles. The molecule has 8 nitrogen and oxygen atoms in total. The van der Waals surface area contributed by atoms with E-state index in [2.05, 4.69) is 35.5 Å². The van der Waals surface area contributed by atoms with Crippen LogP contribution < -0.4 is 21.6 Å². The summed E-state index contributed by atoms with van der Waals surface area (Å²) in [6.07, 6.45) is -2.84. The SMILES string of the molecule is CN=c1ncc2cc(-c3cc(NC(=O)C4CC(C(F)(F)F)CCN4)ccc3C)c3n(c-2n1)CCN3. The molecule has 4 aliphatic rings. The molecule has 5 rings (SSSR count). The number of rotatable bonds is 3. The molecule has 0 aliphatic carbocycles. The van der Waals surface area contributed by atoms with Gasteiger partial charge in [0.05, 0.1) is 12.0 Å². The zero-order valence-electron chi connectivity index (χ0n) is 19.4. The first-order valence-electron chi connectivity index (χ1n) is 11.5. The number of carbonyl (C=O) groups is 1. The molecule has 0 aromatic heterocycles. The Balaban J connectivity index is 1.47. The van der Waals surface area contributed by atoms with E-state index in [1.165, 1.54) is 0 Å². The first-order chi connectivity index (χ1) is 16.7. The van der Waals surface area contributed by atoms with Gasteiger partial charge in [-0.05, 0) is 55.6 Å². The molecule has 1 fully saturated rings. The highest BCUT2D eigenvalue weighted by atomic mass is 19.4. The predicted molar refractivity (Wildman–Crippen MR) is 126 cm³/mol. The number of pyridine rings is 1. The van der Waals surface area contributed by atoms with Crippen molar-refractivity contribution in [3.05, 3.63) is 41.6 Å². The van der Waals surface area contributed by atoms with Gasteiger partial charge in [-0.3, -0.25) is 9.79 Å². The third-order valence-electron chi connectivity index (χ3n) is 6.67. The van der Waals surface area contributed by atoms with E-state index in [1.54, 1.807) is 19.3 Å². The van der Waals surface area contributed by atoms with E-state index < -0.39 is 24.0 Å². The maximum absolute atomic E-state index is 13.2. The first-order valence-corrected chi connectivity index (χ1v) is 11.5. The Morgan fingerprint density at radius 1 is 1.23 bits per heavy atom. The number of benzene rings is 1. The van der Waals surface area contributed by atoms with Crippen LogP contribution in [-0.2, 0) is 11.3 Å². The maximum atomic E-state index is 13.2. The lowest BCUT2D eigenvalue weighted by Crippen LogP contribution is -2.48. The molecule has 3 N–H and O–H groups in total. The molecule has 0 radical (unpaired) electrons.